The maximum Gasteiger partial charge on any atom is 0.394 e. The van der Waals surface area contributed by atoms with E-state index in [0.29, 0.717) is 0 Å². The third kappa shape index (κ3) is 20.8. The predicted octanol–water partition coefficient (Wildman–Crippen LogP) is 4.11. The maximum atomic E-state index is 8.74. The van der Waals surface area contributed by atoms with Gasteiger partial charge < -0.3 is 0 Å². The second kappa shape index (κ2) is 12.1. The van der Waals surface area contributed by atoms with Crippen LogP contribution in [0.3, 0.4) is 0 Å². The van der Waals surface area contributed by atoms with Gasteiger partial charge in [0, 0.05) is 0 Å². The summed E-state index contributed by atoms with van der Waals surface area (Å²) in [5.74, 6) is 0. The van der Waals surface area contributed by atoms with Crippen molar-refractivity contribution in [3.63, 3.8) is 0 Å². The predicted molar refractivity (Wildman–Crippen MR) is 87.7 cm³/mol. The van der Waals surface area contributed by atoms with Gasteiger partial charge in [-0.05, 0) is 0 Å². The molecule has 2 N–H and O–H groups in total. The molecule has 0 aliphatic rings. The van der Waals surface area contributed by atoms with Gasteiger partial charge in [0.15, 0.2) is 0 Å². The Bertz CT molecular complexity index is 261. The van der Waals surface area contributed by atoms with E-state index in [-0.39, 0.29) is 0 Å². The zero-order valence-corrected chi connectivity index (χ0v) is 14.8. The molecule has 0 rings (SSSR count). The molecule has 0 bridgehead atoms. The molecule has 0 saturated carbocycles. The molecule has 0 radical (unpaired) electrons. The van der Waals surface area contributed by atoms with Crippen molar-refractivity contribution in [2.24, 2.45) is 0 Å². The largest absolute Gasteiger partial charge is 0.394 e. The van der Waals surface area contributed by atoms with E-state index in [1.165, 1.54) is 38.5 Å². The number of hydrogen-bond donors (Lipinski definition) is 2. The molecular formula is C13H33O4PS. The average Bonchev–Trinajstić information content (AvgIpc) is 2.30. The Kier molecular flexibility index (Phi) is 13.7. The van der Waals surface area contributed by atoms with Crippen molar-refractivity contribution < 1.29 is 17.5 Å². The Morgan fingerprint density at radius 3 is 1.16 bits per heavy atom. The first kappa shape index (κ1) is 21.6. The second-order valence-electron chi connectivity index (χ2n) is 5.57. The molecule has 0 atom stereocenters. The summed E-state index contributed by atoms with van der Waals surface area (Å²) < 4.78 is 31.6. The van der Waals surface area contributed by atoms with Crippen LogP contribution in [0.15, 0.2) is 0 Å². The molecule has 0 saturated heterocycles. The summed E-state index contributed by atoms with van der Waals surface area (Å²) in [6.07, 6.45) is 13.4. The van der Waals surface area contributed by atoms with Crippen molar-refractivity contribution in [1.29, 1.82) is 0 Å². The quantitative estimate of drug-likeness (QED) is 0.496. The van der Waals surface area contributed by atoms with E-state index in [1.807, 2.05) is 0 Å². The van der Waals surface area contributed by atoms with Gasteiger partial charge in [-0.1, -0.05) is 0 Å². The Balaban J connectivity index is 0. The first-order valence-electron chi connectivity index (χ1n) is 7.38. The molecule has 4 nitrogen and oxygen atoms in total. The summed E-state index contributed by atoms with van der Waals surface area (Å²) in [5.41, 5.74) is 0. The maximum absolute atomic E-state index is 8.74. The van der Waals surface area contributed by atoms with E-state index >= 15 is 0 Å². The molecule has 0 heterocycles. The standard InChI is InChI=1S/C13H31P.H2O4S/c1-5-8-11-14(4,12-9-6-2)13-10-7-3;1-5(2,3)4/h14H,5-13H2,1-4H3;(H2,1,2,3,4). The first-order valence-corrected chi connectivity index (χ1v) is 11.9. The van der Waals surface area contributed by atoms with E-state index in [2.05, 4.69) is 27.4 Å². The van der Waals surface area contributed by atoms with Crippen molar-refractivity contribution in [3.05, 3.63) is 0 Å². The molecule has 120 valence electrons. The topological polar surface area (TPSA) is 74.6 Å². The molecule has 19 heavy (non-hydrogen) atoms. The van der Waals surface area contributed by atoms with Gasteiger partial charge in [-0.2, -0.15) is 8.42 Å². The Labute approximate surface area is 120 Å². The molecule has 0 amide bonds. The van der Waals surface area contributed by atoms with Crippen LogP contribution >= 0.6 is 7.26 Å². The summed E-state index contributed by atoms with van der Waals surface area (Å²) >= 11 is 0. The molecule has 0 fully saturated rings. The van der Waals surface area contributed by atoms with Crippen LogP contribution < -0.4 is 0 Å². The number of rotatable bonds is 9. The number of hydrogen-bond acceptors (Lipinski definition) is 2. The molecule has 0 aromatic carbocycles. The van der Waals surface area contributed by atoms with Crippen LogP contribution in [0.1, 0.15) is 59.3 Å². The molecule has 0 spiro atoms. The van der Waals surface area contributed by atoms with Crippen molar-refractivity contribution in [3.8, 4) is 0 Å². The van der Waals surface area contributed by atoms with Crippen LogP contribution in [-0.4, -0.2) is 42.7 Å². The van der Waals surface area contributed by atoms with Crippen LogP contribution in [0.2, 0.25) is 0 Å². The van der Waals surface area contributed by atoms with Crippen molar-refractivity contribution >= 4 is 17.7 Å². The van der Waals surface area contributed by atoms with E-state index in [0.717, 1.165) is 0 Å². The molecule has 0 aliphatic heterocycles. The van der Waals surface area contributed by atoms with Gasteiger partial charge in [0.05, 0.1) is 0 Å². The third-order valence-electron chi connectivity index (χ3n) is 3.40. The van der Waals surface area contributed by atoms with Crippen LogP contribution in [0.4, 0.5) is 0 Å². The van der Waals surface area contributed by atoms with Gasteiger partial charge in [0.2, 0.25) is 0 Å². The first-order chi connectivity index (χ1) is 8.68. The normalized spacial score (nSPS) is 12.7. The van der Waals surface area contributed by atoms with Crippen LogP contribution in [-0.2, 0) is 10.4 Å². The second-order valence-corrected chi connectivity index (χ2v) is 11.6. The van der Waals surface area contributed by atoms with Gasteiger partial charge >= 0.3 is 102 Å². The Morgan fingerprint density at radius 1 is 0.789 bits per heavy atom. The van der Waals surface area contributed by atoms with Gasteiger partial charge in [-0.3, -0.25) is 9.11 Å². The van der Waals surface area contributed by atoms with Crippen LogP contribution in [0.25, 0.3) is 0 Å². The molecule has 0 aromatic rings. The van der Waals surface area contributed by atoms with E-state index in [4.69, 9.17) is 17.5 Å². The van der Waals surface area contributed by atoms with Gasteiger partial charge in [-0.15, -0.1) is 0 Å². The van der Waals surface area contributed by atoms with E-state index in [1.54, 1.807) is 18.5 Å². The van der Waals surface area contributed by atoms with Crippen LogP contribution in [0.5, 0.6) is 0 Å². The molecule has 6 heteroatoms. The summed E-state index contributed by atoms with van der Waals surface area (Å²) in [6.45, 7) is 9.63. The van der Waals surface area contributed by atoms with Gasteiger partial charge in [0.25, 0.3) is 0 Å². The third-order valence-corrected chi connectivity index (χ3v) is 8.08. The summed E-state index contributed by atoms with van der Waals surface area (Å²) in [4.78, 5) is 0. The fraction of sp³-hybridized carbons (Fsp3) is 1.00. The zero-order valence-electron chi connectivity index (χ0n) is 13.0. The van der Waals surface area contributed by atoms with Crippen molar-refractivity contribution in [2.45, 2.75) is 59.3 Å². The van der Waals surface area contributed by atoms with E-state index in [9.17, 15) is 0 Å². The molecule has 0 aliphatic carbocycles. The van der Waals surface area contributed by atoms with Crippen molar-refractivity contribution in [1.82, 2.24) is 0 Å². The monoisotopic (exact) mass is 316 g/mol. The van der Waals surface area contributed by atoms with Crippen LogP contribution in [0, 0.1) is 0 Å². The summed E-state index contributed by atoms with van der Waals surface area (Å²) in [5, 5.41) is 0. The fourth-order valence-electron chi connectivity index (χ4n) is 2.19. The van der Waals surface area contributed by atoms with Gasteiger partial charge in [-0.25, -0.2) is 0 Å². The number of unbranched alkanes of at least 4 members (excludes halogenated alkanes) is 3. The molecular weight excluding hydrogens is 283 g/mol. The fourth-order valence-corrected chi connectivity index (χ4v) is 6.56. The minimum atomic E-state index is -4.67. The minimum absolute atomic E-state index is 0.812. The SMILES string of the molecule is CCCC[PH](C)(CCCC)CCCC.O=S(=O)(O)O. The summed E-state index contributed by atoms with van der Waals surface area (Å²) in [7, 11) is -5.48. The zero-order chi connectivity index (χ0) is 15.4. The Hall–Kier alpha value is 0.300. The Morgan fingerprint density at radius 2 is 1.00 bits per heavy atom. The van der Waals surface area contributed by atoms with E-state index < -0.39 is 17.7 Å². The van der Waals surface area contributed by atoms with Crippen molar-refractivity contribution in [2.75, 3.05) is 25.2 Å². The molecule has 0 unspecified atom stereocenters. The molecule has 0 aromatic heterocycles. The summed E-state index contributed by atoms with van der Waals surface area (Å²) in [6, 6.07) is 0. The smallest absolute Gasteiger partial charge is 0.264 e. The average molecular weight is 316 g/mol. The van der Waals surface area contributed by atoms with Gasteiger partial charge in [0.1, 0.15) is 0 Å². The minimum Gasteiger partial charge on any atom is -0.264 e.